The van der Waals surface area contributed by atoms with Crippen molar-refractivity contribution in [2.45, 2.75) is 71.4 Å². The van der Waals surface area contributed by atoms with E-state index in [0.717, 1.165) is 18.0 Å². The third-order valence-electron chi connectivity index (χ3n) is 4.37. The van der Waals surface area contributed by atoms with Gasteiger partial charge < -0.3 is 5.32 Å². The number of hydrogen-bond donors (Lipinski definition) is 1. The third kappa shape index (κ3) is 2.31. The van der Waals surface area contributed by atoms with Crippen LogP contribution in [-0.4, -0.2) is 12.1 Å². The van der Waals surface area contributed by atoms with Crippen LogP contribution in [0.2, 0.25) is 0 Å². The molecule has 1 atom stereocenters. The smallest absolute Gasteiger partial charge is 0.0127 e. The Hall–Kier alpha value is -0.0400. The Bertz CT molecular complexity index is 189. The van der Waals surface area contributed by atoms with Crippen LogP contribution < -0.4 is 5.32 Å². The van der Waals surface area contributed by atoms with Crippen molar-refractivity contribution in [3.63, 3.8) is 0 Å². The van der Waals surface area contributed by atoms with Gasteiger partial charge in [0.2, 0.25) is 0 Å². The van der Waals surface area contributed by atoms with E-state index in [1.165, 1.54) is 38.5 Å². The zero-order valence-electron chi connectivity index (χ0n) is 9.97. The lowest BCUT2D eigenvalue weighted by molar-refractivity contribution is 0.278. The Balaban J connectivity index is 1.69. The Morgan fingerprint density at radius 1 is 1.14 bits per heavy atom. The first kappa shape index (κ1) is 10.5. The third-order valence-corrected chi connectivity index (χ3v) is 4.37. The monoisotopic (exact) mass is 195 g/mol. The molecule has 0 aromatic rings. The van der Waals surface area contributed by atoms with E-state index >= 15 is 0 Å². The summed E-state index contributed by atoms with van der Waals surface area (Å²) in [5.74, 6) is 1.03. The van der Waals surface area contributed by atoms with Gasteiger partial charge in [-0.05, 0) is 43.4 Å². The zero-order chi connectivity index (χ0) is 10.2. The summed E-state index contributed by atoms with van der Waals surface area (Å²) in [5.41, 5.74) is 0.599. The molecule has 14 heavy (non-hydrogen) atoms. The molecule has 1 N–H and O–H groups in total. The second kappa shape index (κ2) is 3.84. The van der Waals surface area contributed by atoms with Gasteiger partial charge in [0.05, 0.1) is 0 Å². The highest BCUT2D eigenvalue weighted by molar-refractivity contribution is 5.02. The summed E-state index contributed by atoms with van der Waals surface area (Å²) in [5, 5.41) is 3.83. The molecule has 1 unspecified atom stereocenters. The highest BCUT2D eigenvalue weighted by atomic mass is 15.0. The van der Waals surface area contributed by atoms with Crippen molar-refractivity contribution in [1.82, 2.24) is 5.32 Å². The van der Waals surface area contributed by atoms with Gasteiger partial charge in [0.25, 0.3) is 0 Å². The number of hydrogen-bond acceptors (Lipinski definition) is 1. The zero-order valence-corrected chi connectivity index (χ0v) is 9.97. The van der Waals surface area contributed by atoms with E-state index in [-0.39, 0.29) is 0 Å². The lowest BCUT2D eigenvalue weighted by atomic mass is 9.84. The van der Waals surface area contributed by atoms with Crippen LogP contribution in [0.15, 0.2) is 0 Å². The average Bonchev–Trinajstić information content (AvgIpc) is 2.75. The van der Waals surface area contributed by atoms with Crippen molar-refractivity contribution < 1.29 is 0 Å². The Morgan fingerprint density at radius 2 is 1.71 bits per heavy atom. The molecule has 2 aliphatic rings. The normalized spacial score (nSPS) is 40.9. The minimum atomic E-state index is 0.599. The summed E-state index contributed by atoms with van der Waals surface area (Å²) in [6.45, 7) is 7.09. The molecule has 82 valence electrons. The van der Waals surface area contributed by atoms with E-state index in [1.807, 2.05) is 0 Å². The summed E-state index contributed by atoms with van der Waals surface area (Å²) in [6, 6.07) is 1.66. The highest BCUT2D eigenvalue weighted by Crippen LogP contribution is 2.45. The van der Waals surface area contributed by atoms with E-state index in [4.69, 9.17) is 0 Å². The predicted molar refractivity (Wildman–Crippen MR) is 61.4 cm³/mol. The van der Waals surface area contributed by atoms with E-state index in [0.29, 0.717) is 5.41 Å². The molecular formula is C13H25N. The molecule has 0 aromatic carbocycles. The van der Waals surface area contributed by atoms with Crippen molar-refractivity contribution >= 4 is 0 Å². The summed E-state index contributed by atoms with van der Waals surface area (Å²) in [7, 11) is 0. The van der Waals surface area contributed by atoms with Crippen LogP contribution in [-0.2, 0) is 0 Å². The molecule has 0 heterocycles. The standard InChI is InChI=1S/C13H25N/c1-4-10-5-7-11(8-6-10)14-12-9-13(12,2)3/h10-12,14H,4-9H2,1-3H3. The topological polar surface area (TPSA) is 12.0 Å². The quantitative estimate of drug-likeness (QED) is 0.728. The molecule has 0 amide bonds. The van der Waals surface area contributed by atoms with Gasteiger partial charge in [-0.25, -0.2) is 0 Å². The Labute approximate surface area is 88.7 Å². The predicted octanol–water partition coefficient (Wildman–Crippen LogP) is 3.34. The maximum absolute atomic E-state index is 3.83. The number of nitrogens with one attached hydrogen (secondary N) is 1. The second-order valence-corrected chi connectivity index (χ2v) is 6.04. The fourth-order valence-corrected chi connectivity index (χ4v) is 2.77. The maximum atomic E-state index is 3.83. The van der Waals surface area contributed by atoms with Crippen molar-refractivity contribution in [3.05, 3.63) is 0 Å². The molecule has 2 fully saturated rings. The maximum Gasteiger partial charge on any atom is 0.0127 e. The summed E-state index contributed by atoms with van der Waals surface area (Å²) >= 11 is 0. The first-order valence-corrected chi connectivity index (χ1v) is 6.38. The molecule has 2 saturated carbocycles. The van der Waals surface area contributed by atoms with Gasteiger partial charge in [0.15, 0.2) is 0 Å². The van der Waals surface area contributed by atoms with Gasteiger partial charge in [-0.15, -0.1) is 0 Å². The minimum Gasteiger partial charge on any atom is -0.311 e. The van der Waals surface area contributed by atoms with Crippen LogP contribution in [0, 0.1) is 11.3 Å². The molecule has 0 aliphatic heterocycles. The Morgan fingerprint density at radius 3 is 2.14 bits per heavy atom. The summed E-state index contributed by atoms with van der Waals surface area (Å²) in [4.78, 5) is 0. The molecule has 2 rings (SSSR count). The lowest BCUT2D eigenvalue weighted by Gasteiger charge is -2.29. The molecule has 0 aromatic heterocycles. The molecule has 0 spiro atoms. The largest absolute Gasteiger partial charge is 0.311 e. The molecule has 0 bridgehead atoms. The highest BCUT2D eigenvalue weighted by Gasteiger charge is 2.46. The molecule has 0 radical (unpaired) electrons. The van der Waals surface area contributed by atoms with Gasteiger partial charge >= 0.3 is 0 Å². The van der Waals surface area contributed by atoms with Crippen molar-refractivity contribution in [2.75, 3.05) is 0 Å². The van der Waals surface area contributed by atoms with Crippen molar-refractivity contribution in [3.8, 4) is 0 Å². The van der Waals surface area contributed by atoms with Gasteiger partial charge in [0.1, 0.15) is 0 Å². The molecular weight excluding hydrogens is 170 g/mol. The molecule has 2 aliphatic carbocycles. The fourth-order valence-electron chi connectivity index (χ4n) is 2.77. The fraction of sp³-hybridized carbons (Fsp3) is 1.00. The lowest BCUT2D eigenvalue weighted by Crippen LogP contribution is -2.36. The second-order valence-electron chi connectivity index (χ2n) is 6.04. The average molecular weight is 195 g/mol. The van der Waals surface area contributed by atoms with Crippen molar-refractivity contribution in [1.29, 1.82) is 0 Å². The first-order valence-electron chi connectivity index (χ1n) is 6.38. The summed E-state index contributed by atoms with van der Waals surface area (Å²) in [6.07, 6.45) is 8.54. The molecule has 0 saturated heterocycles. The van der Waals surface area contributed by atoms with Crippen molar-refractivity contribution in [2.24, 2.45) is 11.3 Å². The SMILES string of the molecule is CCC1CCC(NC2CC2(C)C)CC1. The van der Waals surface area contributed by atoms with Crippen LogP contribution in [0.1, 0.15) is 59.3 Å². The van der Waals surface area contributed by atoms with Gasteiger partial charge in [-0.1, -0.05) is 27.2 Å². The van der Waals surface area contributed by atoms with E-state index in [1.54, 1.807) is 0 Å². The molecule has 1 nitrogen and oxygen atoms in total. The van der Waals surface area contributed by atoms with Crippen LogP contribution in [0.25, 0.3) is 0 Å². The van der Waals surface area contributed by atoms with Crippen LogP contribution in [0.3, 0.4) is 0 Å². The van der Waals surface area contributed by atoms with E-state index in [9.17, 15) is 0 Å². The Kier molecular flexibility index (Phi) is 2.88. The summed E-state index contributed by atoms with van der Waals surface area (Å²) < 4.78 is 0. The van der Waals surface area contributed by atoms with Crippen LogP contribution in [0.5, 0.6) is 0 Å². The molecule has 1 heteroatoms. The van der Waals surface area contributed by atoms with Gasteiger partial charge in [-0.2, -0.15) is 0 Å². The van der Waals surface area contributed by atoms with Crippen LogP contribution >= 0.6 is 0 Å². The van der Waals surface area contributed by atoms with Gasteiger partial charge in [0, 0.05) is 12.1 Å². The number of rotatable bonds is 3. The van der Waals surface area contributed by atoms with Gasteiger partial charge in [-0.3, -0.25) is 0 Å². The van der Waals surface area contributed by atoms with E-state index < -0.39 is 0 Å². The minimum absolute atomic E-state index is 0.599. The van der Waals surface area contributed by atoms with E-state index in [2.05, 4.69) is 26.1 Å². The van der Waals surface area contributed by atoms with Crippen LogP contribution in [0.4, 0.5) is 0 Å². The first-order chi connectivity index (χ1) is 6.62.